The zero-order valence-electron chi connectivity index (χ0n) is 8.36. The Morgan fingerprint density at radius 3 is 2.88 bits per heavy atom. The van der Waals surface area contributed by atoms with Crippen LogP contribution in [0.2, 0.25) is 0 Å². The first-order valence-corrected chi connectivity index (χ1v) is 4.90. The highest BCUT2D eigenvalue weighted by atomic mass is 15.1. The molecule has 0 atom stereocenters. The van der Waals surface area contributed by atoms with E-state index in [9.17, 15) is 0 Å². The minimum atomic E-state index is 0.667. The molecule has 0 saturated carbocycles. The van der Waals surface area contributed by atoms with Gasteiger partial charge in [-0.2, -0.15) is 10.4 Å². The van der Waals surface area contributed by atoms with Crippen molar-refractivity contribution in [3.63, 3.8) is 0 Å². The molecule has 2 aromatic heterocycles. The smallest absolute Gasteiger partial charge is 0.108 e. The molecule has 3 rings (SSSR count). The van der Waals surface area contributed by atoms with Crippen LogP contribution < -0.4 is 0 Å². The van der Waals surface area contributed by atoms with Crippen LogP contribution in [0, 0.1) is 11.3 Å². The molecule has 0 aliphatic rings. The first-order chi connectivity index (χ1) is 7.86. The molecule has 0 unspecified atom stereocenters. The molecule has 16 heavy (non-hydrogen) atoms. The van der Waals surface area contributed by atoms with Crippen LogP contribution in [0.15, 0.2) is 36.5 Å². The highest BCUT2D eigenvalue weighted by Crippen LogP contribution is 2.22. The van der Waals surface area contributed by atoms with Gasteiger partial charge in [-0.1, -0.05) is 0 Å². The maximum Gasteiger partial charge on any atom is 0.108 e. The van der Waals surface area contributed by atoms with Gasteiger partial charge < -0.3 is 4.98 Å². The molecule has 0 saturated heterocycles. The lowest BCUT2D eigenvalue weighted by atomic mass is 10.2. The van der Waals surface area contributed by atoms with Gasteiger partial charge >= 0.3 is 0 Å². The Balaban J connectivity index is 2.20. The van der Waals surface area contributed by atoms with Crippen LogP contribution >= 0.6 is 0 Å². The summed E-state index contributed by atoms with van der Waals surface area (Å²) < 4.78 is 0. The third-order valence-corrected chi connectivity index (χ3v) is 2.53. The van der Waals surface area contributed by atoms with Gasteiger partial charge in [-0.15, -0.1) is 0 Å². The van der Waals surface area contributed by atoms with Crippen molar-refractivity contribution in [2.24, 2.45) is 0 Å². The highest BCUT2D eigenvalue weighted by Gasteiger charge is 2.05. The van der Waals surface area contributed by atoms with Crippen molar-refractivity contribution in [2.45, 2.75) is 0 Å². The van der Waals surface area contributed by atoms with Gasteiger partial charge in [0.05, 0.1) is 17.3 Å². The first kappa shape index (κ1) is 8.74. The van der Waals surface area contributed by atoms with E-state index < -0.39 is 0 Å². The highest BCUT2D eigenvalue weighted by molar-refractivity contribution is 5.86. The maximum atomic E-state index is 8.81. The lowest BCUT2D eigenvalue weighted by Crippen LogP contribution is -1.76. The fraction of sp³-hybridized carbons (Fsp3) is 0. The van der Waals surface area contributed by atoms with Crippen molar-refractivity contribution < 1.29 is 0 Å². The number of nitriles is 1. The van der Waals surface area contributed by atoms with E-state index in [0.29, 0.717) is 5.56 Å². The fourth-order valence-electron chi connectivity index (χ4n) is 1.75. The molecule has 2 N–H and O–H groups in total. The average molecular weight is 208 g/mol. The summed E-state index contributed by atoms with van der Waals surface area (Å²) in [6.45, 7) is 0. The van der Waals surface area contributed by atoms with E-state index in [1.54, 1.807) is 12.3 Å². The van der Waals surface area contributed by atoms with Crippen molar-refractivity contribution in [1.29, 1.82) is 5.26 Å². The SMILES string of the molecule is N#Cc1ccc2[nH]c(-c3cc[nH]n3)cc2c1. The molecule has 0 fully saturated rings. The Bertz CT molecular complexity index is 671. The Labute approximate surface area is 91.5 Å². The summed E-state index contributed by atoms with van der Waals surface area (Å²) in [6, 6.07) is 11.6. The molecule has 0 aliphatic heterocycles. The number of benzene rings is 1. The van der Waals surface area contributed by atoms with E-state index in [1.165, 1.54) is 0 Å². The molecule has 4 nitrogen and oxygen atoms in total. The zero-order chi connectivity index (χ0) is 11.0. The van der Waals surface area contributed by atoms with Gasteiger partial charge in [0.15, 0.2) is 0 Å². The van der Waals surface area contributed by atoms with E-state index in [-0.39, 0.29) is 0 Å². The minimum absolute atomic E-state index is 0.667. The predicted octanol–water partition coefficient (Wildman–Crippen LogP) is 2.43. The Hall–Kier alpha value is -2.54. The number of rotatable bonds is 1. The van der Waals surface area contributed by atoms with E-state index in [4.69, 9.17) is 5.26 Å². The lowest BCUT2D eigenvalue weighted by Gasteiger charge is -1.89. The average Bonchev–Trinajstić information content (AvgIpc) is 2.96. The third-order valence-electron chi connectivity index (χ3n) is 2.53. The van der Waals surface area contributed by atoms with Crippen LogP contribution in [0.4, 0.5) is 0 Å². The summed E-state index contributed by atoms with van der Waals surface area (Å²) in [5, 5.41) is 16.7. The van der Waals surface area contributed by atoms with Gasteiger partial charge in [-0.25, -0.2) is 0 Å². The molecule has 0 spiro atoms. The molecular formula is C12H8N4. The molecule has 0 radical (unpaired) electrons. The van der Waals surface area contributed by atoms with Crippen LogP contribution in [-0.2, 0) is 0 Å². The van der Waals surface area contributed by atoms with E-state index in [0.717, 1.165) is 22.3 Å². The van der Waals surface area contributed by atoms with Gasteiger partial charge in [0.2, 0.25) is 0 Å². The molecule has 4 heteroatoms. The van der Waals surface area contributed by atoms with Gasteiger partial charge in [-0.05, 0) is 30.3 Å². The Morgan fingerprint density at radius 2 is 2.12 bits per heavy atom. The fourth-order valence-corrected chi connectivity index (χ4v) is 1.75. The number of hydrogen-bond acceptors (Lipinski definition) is 2. The normalized spacial score (nSPS) is 10.4. The summed E-state index contributed by atoms with van der Waals surface area (Å²) in [4.78, 5) is 3.26. The van der Waals surface area contributed by atoms with Crippen LogP contribution in [-0.4, -0.2) is 15.2 Å². The molecule has 76 valence electrons. The Kier molecular flexibility index (Phi) is 1.77. The van der Waals surface area contributed by atoms with Gasteiger partial charge in [0.25, 0.3) is 0 Å². The number of aromatic amines is 2. The van der Waals surface area contributed by atoms with Crippen LogP contribution in [0.25, 0.3) is 22.3 Å². The number of H-pyrrole nitrogens is 2. The van der Waals surface area contributed by atoms with Gasteiger partial charge in [0, 0.05) is 17.1 Å². The lowest BCUT2D eigenvalue weighted by molar-refractivity contribution is 1.09. The standard InChI is InChI=1S/C12H8N4/c13-7-8-1-2-10-9(5-8)6-12(15-10)11-3-4-14-16-11/h1-6,15H,(H,14,16). The number of hydrogen-bond donors (Lipinski definition) is 2. The maximum absolute atomic E-state index is 8.81. The molecular weight excluding hydrogens is 200 g/mol. The summed E-state index contributed by atoms with van der Waals surface area (Å²) in [7, 11) is 0. The summed E-state index contributed by atoms with van der Waals surface area (Å²) in [6.07, 6.45) is 1.78. The number of nitrogens with zero attached hydrogens (tertiary/aromatic N) is 2. The van der Waals surface area contributed by atoms with E-state index >= 15 is 0 Å². The zero-order valence-corrected chi connectivity index (χ0v) is 8.36. The third kappa shape index (κ3) is 1.27. The van der Waals surface area contributed by atoms with Gasteiger partial charge in [-0.3, -0.25) is 5.10 Å². The number of fused-ring (bicyclic) bond motifs is 1. The van der Waals surface area contributed by atoms with Crippen LogP contribution in [0.5, 0.6) is 0 Å². The minimum Gasteiger partial charge on any atom is -0.353 e. The quantitative estimate of drug-likeness (QED) is 0.644. The molecule has 3 aromatic rings. The first-order valence-electron chi connectivity index (χ1n) is 4.90. The topological polar surface area (TPSA) is 68.3 Å². The predicted molar refractivity (Wildman–Crippen MR) is 60.6 cm³/mol. The summed E-state index contributed by atoms with van der Waals surface area (Å²) >= 11 is 0. The molecule has 0 aliphatic carbocycles. The van der Waals surface area contributed by atoms with Gasteiger partial charge in [0.1, 0.15) is 5.69 Å². The second-order valence-corrected chi connectivity index (χ2v) is 3.56. The summed E-state index contributed by atoms with van der Waals surface area (Å²) in [5.41, 5.74) is 3.50. The van der Waals surface area contributed by atoms with Crippen LogP contribution in [0.3, 0.4) is 0 Å². The monoisotopic (exact) mass is 208 g/mol. The second kappa shape index (κ2) is 3.24. The number of nitrogens with one attached hydrogen (secondary N) is 2. The molecule has 0 amide bonds. The Morgan fingerprint density at radius 1 is 1.19 bits per heavy atom. The number of aromatic nitrogens is 3. The van der Waals surface area contributed by atoms with Crippen molar-refractivity contribution in [2.75, 3.05) is 0 Å². The van der Waals surface area contributed by atoms with E-state index in [2.05, 4.69) is 21.3 Å². The summed E-state index contributed by atoms with van der Waals surface area (Å²) in [5.74, 6) is 0. The van der Waals surface area contributed by atoms with Crippen molar-refractivity contribution in [1.82, 2.24) is 15.2 Å². The molecule has 0 bridgehead atoms. The van der Waals surface area contributed by atoms with Crippen molar-refractivity contribution in [3.8, 4) is 17.5 Å². The van der Waals surface area contributed by atoms with Crippen molar-refractivity contribution in [3.05, 3.63) is 42.1 Å². The van der Waals surface area contributed by atoms with E-state index in [1.807, 2.05) is 24.3 Å². The second-order valence-electron chi connectivity index (χ2n) is 3.56. The molecule has 1 aromatic carbocycles. The molecule has 2 heterocycles. The van der Waals surface area contributed by atoms with Crippen molar-refractivity contribution >= 4 is 10.9 Å². The van der Waals surface area contributed by atoms with Crippen LogP contribution in [0.1, 0.15) is 5.56 Å². The largest absolute Gasteiger partial charge is 0.353 e.